The molecule has 0 bridgehead atoms. The van der Waals surface area contributed by atoms with Crippen LogP contribution < -0.4 is 4.90 Å². The Morgan fingerprint density at radius 3 is 2.65 bits per heavy atom. The molecule has 7 heteroatoms. The molecule has 0 aromatic heterocycles. The number of thioether (sulfide) groups is 1. The number of halogens is 3. The summed E-state index contributed by atoms with van der Waals surface area (Å²) in [4.78, 5) is 17.4. The zero-order valence-corrected chi connectivity index (χ0v) is 11.8. The Bertz CT molecular complexity index is 555. The van der Waals surface area contributed by atoms with Crippen molar-refractivity contribution in [3.63, 3.8) is 0 Å². The molecule has 1 aliphatic rings. The van der Waals surface area contributed by atoms with E-state index in [9.17, 15) is 18.0 Å². The summed E-state index contributed by atoms with van der Waals surface area (Å²) in [6.07, 6.45) is -4.43. The minimum absolute atomic E-state index is 0.0308. The van der Waals surface area contributed by atoms with Crippen molar-refractivity contribution in [1.29, 1.82) is 0 Å². The van der Waals surface area contributed by atoms with E-state index in [1.54, 1.807) is 0 Å². The molecule has 1 aromatic carbocycles. The Morgan fingerprint density at radius 2 is 2.05 bits per heavy atom. The smallest absolute Gasteiger partial charge is 0.273 e. The molecule has 2 rings (SSSR count). The topological polar surface area (TPSA) is 32.7 Å². The molecular formula is C13H13F3N2OS. The first-order valence-electron chi connectivity index (χ1n) is 6.00. The van der Waals surface area contributed by atoms with Gasteiger partial charge in [-0.05, 0) is 32.0 Å². The second kappa shape index (κ2) is 5.47. The maximum atomic E-state index is 12.7. The first-order valence-corrected chi connectivity index (χ1v) is 6.98. The molecule has 1 amide bonds. The number of hydrogen-bond acceptors (Lipinski definition) is 3. The lowest BCUT2D eigenvalue weighted by Gasteiger charge is -2.18. The number of aliphatic imine (C=N–C) groups is 1. The van der Waals surface area contributed by atoms with Crippen molar-refractivity contribution in [2.45, 2.75) is 26.1 Å². The number of hydrogen-bond donors (Lipinski definition) is 0. The van der Waals surface area contributed by atoms with Gasteiger partial charge < -0.3 is 0 Å². The molecule has 3 nitrogen and oxygen atoms in total. The second-order valence-electron chi connectivity index (χ2n) is 4.57. The Morgan fingerprint density at radius 1 is 1.35 bits per heavy atom. The molecule has 1 aliphatic heterocycles. The quantitative estimate of drug-likeness (QED) is 0.837. The molecule has 0 spiro atoms. The zero-order chi connectivity index (χ0) is 14.9. The summed E-state index contributed by atoms with van der Waals surface area (Å²) in [5.74, 6) is -0.0596. The van der Waals surface area contributed by atoms with Crippen LogP contribution in [0.3, 0.4) is 0 Å². The Balaban J connectivity index is 2.41. The fourth-order valence-corrected chi connectivity index (χ4v) is 2.76. The van der Waals surface area contributed by atoms with Crippen LogP contribution in [-0.2, 0) is 11.0 Å². The first kappa shape index (κ1) is 14.9. The highest BCUT2D eigenvalue weighted by molar-refractivity contribution is 8.15. The van der Waals surface area contributed by atoms with Crippen molar-refractivity contribution in [3.8, 4) is 0 Å². The SMILES string of the molecule is CC(C)N=C1SCC(=O)N1c1cccc(C(F)(F)F)c1. The molecule has 1 aromatic rings. The van der Waals surface area contributed by atoms with Gasteiger partial charge in [0.25, 0.3) is 0 Å². The molecule has 0 atom stereocenters. The molecule has 0 unspecified atom stereocenters. The van der Waals surface area contributed by atoms with Crippen molar-refractivity contribution in [2.24, 2.45) is 4.99 Å². The minimum Gasteiger partial charge on any atom is -0.273 e. The molecule has 108 valence electrons. The fraction of sp³-hybridized carbons (Fsp3) is 0.385. The van der Waals surface area contributed by atoms with E-state index in [4.69, 9.17) is 0 Å². The monoisotopic (exact) mass is 302 g/mol. The lowest BCUT2D eigenvalue weighted by atomic mass is 10.2. The van der Waals surface area contributed by atoms with Crippen molar-refractivity contribution in [3.05, 3.63) is 29.8 Å². The van der Waals surface area contributed by atoms with E-state index >= 15 is 0 Å². The molecule has 1 saturated heterocycles. The third-order valence-corrected chi connectivity index (χ3v) is 3.50. The molecule has 20 heavy (non-hydrogen) atoms. The normalized spacial score (nSPS) is 18.4. The maximum Gasteiger partial charge on any atom is 0.416 e. The molecule has 1 heterocycles. The summed E-state index contributed by atoms with van der Waals surface area (Å²) in [6, 6.07) is 4.70. The standard InChI is InChI=1S/C13H13F3N2OS/c1-8(2)17-12-18(11(19)7-20-12)10-5-3-4-9(6-10)13(14,15)16/h3-6,8H,7H2,1-2H3. The van der Waals surface area contributed by atoms with Gasteiger partial charge in [0.05, 0.1) is 17.0 Å². The van der Waals surface area contributed by atoms with Gasteiger partial charge in [0.2, 0.25) is 5.91 Å². The van der Waals surface area contributed by atoms with E-state index in [0.717, 1.165) is 12.1 Å². The van der Waals surface area contributed by atoms with Crippen LogP contribution in [0.25, 0.3) is 0 Å². The Labute approximate surface area is 118 Å². The van der Waals surface area contributed by atoms with Crippen LogP contribution in [0.2, 0.25) is 0 Å². The summed E-state index contributed by atoms with van der Waals surface area (Å²) < 4.78 is 38.2. The van der Waals surface area contributed by atoms with Crippen LogP contribution in [0.4, 0.5) is 18.9 Å². The van der Waals surface area contributed by atoms with Gasteiger partial charge in [-0.3, -0.25) is 14.7 Å². The second-order valence-corrected chi connectivity index (χ2v) is 5.51. The number of nitrogens with zero attached hydrogens (tertiary/aromatic N) is 2. The van der Waals surface area contributed by atoms with E-state index < -0.39 is 11.7 Å². The lowest BCUT2D eigenvalue weighted by molar-refractivity contribution is -0.137. The Hall–Kier alpha value is -1.50. The zero-order valence-electron chi connectivity index (χ0n) is 10.9. The number of anilines is 1. The number of amidine groups is 1. The van der Waals surface area contributed by atoms with Crippen LogP contribution in [-0.4, -0.2) is 22.9 Å². The van der Waals surface area contributed by atoms with Crippen LogP contribution >= 0.6 is 11.8 Å². The number of amides is 1. The molecule has 0 N–H and O–H groups in total. The van der Waals surface area contributed by atoms with Gasteiger partial charge in [-0.1, -0.05) is 17.8 Å². The van der Waals surface area contributed by atoms with E-state index in [1.807, 2.05) is 13.8 Å². The predicted octanol–water partition coefficient (Wildman–Crippen LogP) is 3.55. The van der Waals surface area contributed by atoms with Crippen LogP contribution in [0.1, 0.15) is 19.4 Å². The molecule has 0 radical (unpaired) electrons. The number of carbonyl (C=O) groups is 1. The van der Waals surface area contributed by atoms with Crippen LogP contribution in [0.5, 0.6) is 0 Å². The molecule has 0 saturated carbocycles. The van der Waals surface area contributed by atoms with Gasteiger partial charge in [-0.25, -0.2) is 0 Å². The summed E-state index contributed by atoms with van der Waals surface area (Å²) in [6.45, 7) is 3.70. The summed E-state index contributed by atoms with van der Waals surface area (Å²) in [5, 5.41) is 0.448. The van der Waals surface area contributed by atoms with Crippen LogP contribution in [0.15, 0.2) is 29.3 Å². The first-order chi connectivity index (χ1) is 9.29. The summed E-state index contributed by atoms with van der Waals surface area (Å²) >= 11 is 1.24. The highest BCUT2D eigenvalue weighted by Crippen LogP contribution is 2.34. The summed E-state index contributed by atoms with van der Waals surface area (Å²) in [7, 11) is 0. The highest BCUT2D eigenvalue weighted by atomic mass is 32.2. The number of benzene rings is 1. The van der Waals surface area contributed by atoms with Crippen LogP contribution in [0, 0.1) is 0 Å². The van der Waals surface area contributed by atoms with Gasteiger partial charge >= 0.3 is 6.18 Å². The van der Waals surface area contributed by atoms with E-state index in [1.165, 1.54) is 28.8 Å². The highest BCUT2D eigenvalue weighted by Gasteiger charge is 2.34. The average Bonchev–Trinajstić information content (AvgIpc) is 2.69. The third-order valence-electron chi connectivity index (χ3n) is 2.57. The Kier molecular flexibility index (Phi) is 4.08. The van der Waals surface area contributed by atoms with E-state index in [2.05, 4.69) is 4.99 Å². The predicted molar refractivity (Wildman–Crippen MR) is 74.0 cm³/mol. The molecule has 0 aliphatic carbocycles. The molecular weight excluding hydrogens is 289 g/mol. The fourth-order valence-electron chi connectivity index (χ4n) is 1.75. The van der Waals surface area contributed by atoms with E-state index in [0.29, 0.717) is 5.17 Å². The van der Waals surface area contributed by atoms with Crippen molar-refractivity contribution in [1.82, 2.24) is 0 Å². The maximum absolute atomic E-state index is 12.7. The van der Waals surface area contributed by atoms with Crippen molar-refractivity contribution >= 4 is 28.5 Å². The number of carbonyl (C=O) groups excluding carboxylic acids is 1. The minimum atomic E-state index is -4.43. The van der Waals surface area contributed by atoms with Crippen molar-refractivity contribution in [2.75, 3.05) is 10.7 Å². The average molecular weight is 302 g/mol. The lowest BCUT2D eigenvalue weighted by Crippen LogP contribution is -2.30. The van der Waals surface area contributed by atoms with Gasteiger partial charge in [0, 0.05) is 6.04 Å². The van der Waals surface area contributed by atoms with E-state index in [-0.39, 0.29) is 23.4 Å². The largest absolute Gasteiger partial charge is 0.416 e. The van der Waals surface area contributed by atoms with Gasteiger partial charge in [0.1, 0.15) is 0 Å². The summed E-state index contributed by atoms with van der Waals surface area (Å²) in [5.41, 5.74) is -0.571. The number of rotatable bonds is 2. The van der Waals surface area contributed by atoms with Gasteiger partial charge in [-0.15, -0.1) is 0 Å². The number of alkyl halides is 3. The van der Waals surface area contributed by atoms with Gasteiger partial charge in [0.15, 0.2) is 5.17 Å². The third kappa shape index (κ3) is 3.15. The molecule has 1 fully saturated rings. The van der Waals surface area contributed by atoms with Gasteiger partial charge in [-0.2, -0.15) is 13.2 Å². The van der Waals surface area contributed by atoms with Crippen molar-refractivity contribution < 1.29 is 18.0 Å².